The van der Waals surface area contributed by atoms with E-state index in [1.54, 1.807) is 6.07 Å². The Labute approximate surface area is 115 Å². The number of phenolic OH excluding ortho intramolecular Hbond substituents is 1. The number of aromatic hydroxyl groups is 1. The summed E-state index contributed by atoms with van der Waals surface area (Å²) < 4.78 is 5.24. The van der Waals surface area contributed by atoms with Gasteiger partial charge in [0.25, 0.3) is 5.91 Å². The molecule has 1 aromatic rings. The number of nitrogens with zero attached hydrogens (tertiary/aromatic N) is 1. The first-order chi connectivity index (χ1) is 9.58. The van der Waals surface area contributed by atoms with E-state index in [1.807, 2.05) is 4.90 Å². The Bertz CT molecular complexity index is 511. The van der Waals surface area contributed by atoms with Crippen LogP contribution in [0.5, 0.6) is 5.75 Å². The smallest absolute Gasteiger partial charge is 0.322 e. The number of rotatable bonds is 4. The van der Waals surface area contributed by atoms with Crippen LogP contribution in [0.1, 0.15) is 10.4 Å². The summed E-state index contributed by atoms with van der Waals surface area (Å²) in [6.45, 7) is 2.22. The summed E-state index contributed by atoms with van der Waals surface area (Å²) in [5, 5.41) is 20.6. The summed E-state index contributed by atoms with van der Waals surface area (Å²) in [5.74, 6) is -1.92. The van der Waals surface area contributed by atoms with Gasteiger partial charge < -0.3 is 25.2 Å². The zero-order valence-electron chi connectivity index (χ0n) is 10.8. The molecule has 1 aliphatic rings. The van der Waals surface area contributed by atoms with Gasteiger partial charge in [0, 0.05) is 24.8 Å². The molecule has 20 heavy (non-hydrogen) atoms. The van der Waals surface area contributed by atoms with Crippen LogP contribution in [0.2, 0.25) is 0 Å². The third kappa shape index (κ3) is 3.39. The van der Waals surface area contributed by atoms with Crippen molar-refractivity contribution in [3.63, 3.8) is 0 Å². The molecule has 1 saturated heterocycles. The summed E-state index contributed by atoms with van der Waals surface area (Å²) in [7, 11) is 0. The van der Waals surface area contributed by atoms with Crippen LogP contribution < -0.4 is 10.2 Å². The van der Waals surface area contributed by atoms with Crippen LogP contribution in [0.4, 0.5) is 5.69 Å². The fourth-order valence-electron chi connectivity index (χ4n) is 1.98. The largest absolute Gasteiger partial charge is 0.507 e. The lowest BCUT2D eigenvalue weighted by atomic mass is 10.1. The van der Waals surface area contributed by atoms with Crippen molar-refractivity contribution in [3.8, 4) is 5.75 Å². The van der Waals surface area contributed by atoms with E-state index < -0.39 is 18.4 Å². The molecule has 3 N–H and O–H groups in total. The number of carboxylic acids is 1. The first-order valence-corrected chi connectivity index (χ1v) is 6.23. The summed E-state index contributed by atoms with van der Waals surface area (Å²) in [5.41, 5.74) is 0.865. The molecule has 2 rings (SSSR count). The first kappa shape index (κ1) is 14.1. The molecule has 0 aliphatic carbocycles. The number of carbonyl (C=O) groups excluding carboxylic acids is 1. The van der Waals surface area contributed by atoms with Crippen LogP contribution in [-0.4, -0.2) is 54.9 Å². The maximum absolute atomic E-state index is 11.7. The van der Waals surface area contributed by atoms with Gasteiger partial charge in [0.2, 0.25) is 0 Å². The number of phenols is 1. The average Bonchev–Trinajstić information content (AvgIpc) is 2.45. The Balaban J connectivity index is 2.08. The van der Waals surface area contributed by atoms with Crippen LogP contribution >= 0.6 is 0 Å². The van der Waals surface area contributed by atoms with Crippen LogP contribution in [0.25, 0.3) is 0 Å². The molecule has 7 heteroatoms. The molecule has 0 bridgehead atoms. The monoisotopic (exact) mass is 280 g/mol. The van der Waals surface area contributed by atoms with Gasteiger partial charge >= 0.3 is 5.97 Å². The van der Waals surface area contributed by atoms with Gasteiger partial charge in [0.05, 0.1) is 18.8 Å². The predicted octanol–water partition coefficient (Wildman–Crippen LogP) is 0.0432. The quantitative estimate of drug-likeness (QED) is 0.720. The molecule has 1 aromatic carbocycles. The van der Waals surface area contributed by atoms with Crippen molar-refractivity contribution in [2.75, 3.05) is 37.7 Å². The first-order valence-electron chi connectivity index (χ1n) is 6.23. The van der Waals surface area contributed by atoms with Gasteiger partial charge in [0.15, 0.2) is 0 Å². The van der Waals surface area contributed by atoms with Gasteiger partial charge in [-0.25, -0.2) is 0 Å². The zero-order chi connectivity index (χ0) is 14.5. The van der Waals surface area contributed by atoms with E-state index in [1.165, 1.54) is 12.1 Å². The fourth-order valence-corrected chi connectivity index (χ4v) is 1.98. The van der Waals surface area contributed by atoms with E-state index in [0.29, 0.717) is 13.2 Å². The van der Waals surface area contributed by atoms with E-state index in [4.69, 9.17) is 9.84 Å². The van der Waals surface area contributed by atoms with Crippen LogP contribution in [0.3, 0.4) is 0 Å². The Kier molecular flexibility index (Phi) is 4.41. The van der Waals surface area contributed by atoms with E-state index in [2.05, 4.69) is 5.32 Å². The summed E-state index contributed by atoms with van der Waals surface area (Å²) in [6.07, 6.45) is 0. The molecule has 0 atom stereocenters. The number of ether oxygens (including phenoxy) is 1. The zero-order valence-corrected chi connectivity index (χ0v) is 10.8. The minimum atomic E-state index is -1.14. The number of hydrogen-bond donors (Lipinski definition) is 3. The summed E-state index contributed by atoms with van der Waals surface area (Å²) in [4.78, 5) is 24.1. The number of nitrogens with one attached hydrogen (secondary N) is 1. The molecule has 0 unspecified atom stereocenters. The number of benzene rings is 1. The van der Waals surface area contributed by atoms with Crippen LogP contribution in [0.15, 0.2) is 18.2 Å². The van der Waals surface area contributed by atoms with E-state index >= 15 is 0 Å². The number of aliphatic carboxylic acids is 1. The number of carbonyl (C=O) groups is 2. The molecule has 108 valence electrons. The Hall–Kier alpha value is -2.28. The third-order valence-corrected chi connectivity index (χ3v) is 3.00. The second kappa shape index (κ2) is 6.25. The van der Waals surface area contributed by atoms with Crippen molar-refractivity contribution < 1.29 is 24.5 Å². The lowest BCUT2D eigenvalue weighted by molar-refractivity contribution is -0.135. The SMILES string of the molecule is O=C(O)CNC(=O)c1ccc(N2CCOCC2)cc1O. The minimum Gasteiger partial charge on any atom is -0.507 e. The molecule has 1 aliphatic heterocycles. The number of anilines is 1. The van der Waals surface area contributed by atoms with Crippen molar-refractivity contribution in [2.24, 2.45) is 0 Å². The second-order valence-corrected chi connectivity index (χ2v) is 4.38. The van der Waals surface area contributed by atoms with Crippen molar-refractivity contribution in [1.29, 1.82) is 0 Å². The maximum Gasteiger partial charge on any atom is 0.322 e. The highest BCUT2D eigenvalue weighted by molar-refractivity contribution is 5.98. The van der Waals surface area contributed by atoms with E-state index in [-0.39, 0.29) is 11.3 Å². The molecule has 0 saturated carbocycles. The van der Waals surface area contributed by atoms with E-state index in [0.717, 1.165) is 18.8 Å². The fraction of sp³-hybridized carbons (Fsp3) is 0.385. The number of amides is 1. The number of hydrogen-bond acceptors (Lipinski definition) is 5. The maximum atomic E-state index is 11.7. The minimum absolute atomic E-state index is 0.0586. The molecule has 0 spiro atoms. The van der Waals surface area contributed by atoms with Crippen molar-refractivity contribution in [1.82, 2.24) is 5.32 Å². The molecule has 1 heterocycles. The average molecular weight is 280 g/mol. The third-order valence-electron chi connectivity index (χ3n) is 3.00. The molecule has 0 radical (unpaired) electrons. The Morgan fingerprint density at radius 2 is 2.00 bits per heavy atom. The standard InChI is InChI=1S/C13H16N2O5/c16-11-7-9(15-3-5-20-6-4-15)1-2-10(11)13(19)14-8-12(17)18/h1-2,7,16H,3-6,8H2,(H,14,19)(H,17,18). The van der Waals surface area contributed by atoms with Crippen molar-refractivity contribution in [3.05, 3.63) is 23.8 Å². The number of morpholine rings is 1. The van der Waals surface area contributed by atoms with Gasteiger partial charge in [0.1, 0.15) is 12.3 Å². The van der Waals surface area contributed by atoms with Crippen molar-refractivity contribution >= 4 is 17.6 Å². The molecule has 1 fully saturated rings. The van der Waals surface area contributed by atoms with Gasteiger partial charge in [-0.2, -0.15) is 0 Å². The Morgan fingerprint density at radius 3 is 2.60 bits per heavy atom. The number of carboxylic acid groups (broad SMARTS) is 1. The molecule has 0 aromatic heterocycles. The second-order valence-electron chi connectivity index (χ2n) is 4.38. The van der Waals surface area contributed by atoms with Crippen LogP contribution in [-0.2, 0) is 9.53 Å². The topological polar surface area (TPSA) is 99.1 Å². The highest BCUT2D eigenvalue weighted by Crippen LogP contribution is 2.25. The van der Waals surface area contributed by atoms with Gasteiger partial charge in [-0.3, -0.25) is 9.59 Å². The summed E-state index contributed by atoms with van der Waals surface area (Å²) >= 11 is 0. The normalized spacial score (nSPS) is 14.9. The van der Waals surface area contributed by atoms with E-state index in [9.17, 15) is 14.7 Å². The highest BCUT2D eigenvalue weighted by atomic mass is 16.5. The van der Waals surface area contributed by atoms with Gasteiger partial charge in [-0.1, -0.05) is 0 Å². The van der Waals surface area contributed by atoms with Crippen LogP contribution in [0, 0.1) is 0 Å². The van der Waals surface area contributed by atoms with Gasteiger partial charge in [-0.15, -0.1) is 0 Å². The Morgan fingerprint density at radius 1 is 1.30 bits per heavy atom. The van der Waals surface area contributed by atoms with Crippen molar-refractivity contribution in [2.45, 2.75) is 0 Å². The predicted molar refractivity (Wildman–Crippen MR) is 71.1 cm³/mol. The highest BCUT2D eigenvalue weighted by Gasteiger charge is 2.16. The molecular weight excluding hydrogens is 264 g/mol. The van der Waals surface area contributed by atoms with Gasteiger partial charge in [-0.05, 0) is 12.1 Å². The molecular formula is C13H16N2O5. The molecule has 1 amide bonds. The summed E-state index contributed by atoms with van der Waals surface area (Å²) in [6, 6.07) is 4.71. The molecule has 7 nitrogen and oxygen atoms in total. The lowest BCUT2D eigenvalue weighted by Crippen LogP contribution is -2.36. The lowest BCUT2D eigenvalue weighted by Gasteiger charge is -2.29.